The second-order valence-corrected chi connectivity index (χ2v) is 7.81. The first-order valence-corrected chi connectivity index (χ1v) is 10.5. The zero-order valence-electron chi connectivity index (χ0n) is 18.1. The lowest BCUT2D eigenvalue weighted by Gasteiger charge is -2.13. The van der Waals surface area contributed by atoms with Crippen molar-refractivity contribution in [3.05, 3.63) is 82.4 Å². The highest BCUT2D eigenvalue weighted by Gasteiger charge is 2.37. The van der Waals surface area contributed by atoms with Crippen LogP contribution in [0, 0.1) is 0 Å². The van der Waals surface area contributed by atoms with E-state index in [0.717, 1.165) is 16.8 Å². The number of alkyl halides is 3. The molecule has 2 N–H and O–H groups in total. The predicted molar refractivity (Wildman–Crippen MR) is 122 cm³/mol. The van der Waals surface area contributed by atoms with Crippen LogP contribution in [-0.4, -0.2) is 33.9 Å². The summed E-state index contributed by atoms with van der Waals surface area (Å²) in [6.45, 7) is -0.180. The van der Waals surface area contributed by atoms with Crippen LogP contribution >= 0.6 is 11.6 Å². The van der Waals surface area contributed by atoms with Crippen molar-refractivity contribution in [2.24, 2.45) is 0 Å². The van der Waals surface area contributed by atoms with E-state index in [0.29, 0.717) is 22.2 Å². The highest BCUT2D eigenvalue weighted by atomic mass is 35.5. The Morgan fingerprint density at radius 2 is 1.83 bits per heavy atom. The van der Waals surface area contributed by atoms with E-state index in [-0.39, 0.29) is 22.9 Å². The molecule has 0 aliphatic heterocycles. The zero-order chi connectivity index (χ0) is 25.3. The summed E-state index contributed by atoms with van der Waals surface area (Å²) in [7, 11) is 1.36. The van der Waals surface area contributed by atoms with Crippen molar-refractivity contribution in [3.63, 3.8) is 0 Å². The molecule has 0 fully saturated rings. The van der Waals surface area contributed by atoms with Crippen LogP contribution in [0.5, 0.6) is 5.75 Å². The number of nitrogens with zero attached hydrogens (tertiary/aromatic N) is 2. The third-order valence-corrected chi connectivity index (χ3v) is 5.52. The van der Waals surface area contributed by atoms with Gasteiger partial charge in [0.05, 0.1) is 28.3 Å². The van der Waals surface area contributed by atoms with Gasteiger partial charge in [0.1, 0.15) is 11.4 Å². The topological polar surface area (TPSA) is 93.4 Å². The van der Waals surface area contributed by atoms with Crippen LogP contribution in [-0.2, 0) is 12.8 Å². The summed E-state index contributed by atoms with van der Waals surface area (Å²) < 4.78 is 47.0. The fourth-order valence-electron chi connectivity index (χ4n) is 3.54. The number of aromatic nitrogens is 2. The minimum atomic E-state index is -4.84. The third kappa shape index (κ3) is 4.71. The monoisotopic (exact) mass is 503 g/mol. The van der Waals surface area contributed by atoms with Gasteiger partial charge in [0, 0.05) is 24.1 Å². The number of fused-ring (bicyclic) bond motifs is 1. The van der Waals surface area contributed by atoms with Crippen molar-refractivity contribution in [2.75, 3.05) is 7.05 Å². The second-order valence-electron chi connectivity index (χ2n) is 7.40. The van der Waals surface area contributed by atoms with Crippen LogP contribution in [0.25, 0.3) is 22.2 Å². The molecule has 0 saturated heterocycles. The Bertz CT molecular complexity index is 1430. The van der Waals surface area contributed by atoms with Gasteiger partial charge >= 0.3 is 12.3 Å². The standard InChI is InChI=1S/C24H17ClF3N3O4/c1-29-23(34)35-15-9-10-16-19(11-15)31(30-21(16)14-7-5-13(12-32)6-8-14)22(33)20-17(24(26,27)28)3-2-4-18(20)25/h2-11,32H,12H2,1H3,(H,29,34). The Morgan fingerprint density at radius 1 is 1.11 bits per heavy atom. The molecule has 0 unspecified atom stereocenters. The molecule has 0 spiro atoms. The molecule has 0 saturated carbocycles. The largest absolute Gasteiger partial charge is 0.417 e. The summed E-state index contributed by atoms with van der Waals surface area (Å²) >= 11 is 6.04. The van der Waals surface area contributed by atoms with Crippen LogP contribution in [0.15, 0.2) is 60.7 Å². The predicted octanol–water partition coefficient (Wildman–Crippen LogP) is 5.27. The molecule has 11 heteroatoms. The first-order valence-electron chi connectivity index (χ1n) is 10.2. The van der Waals surface area contributed by atoms with E-state index in [2.05, 4.69) is 10.4 Å². The van der Waals surface area contributed by atoms with Crippen molar-refractivity contribution >= 4 is 34.5 Å². The molecule has 0 radical (unpaired) electrons. The molecule has 0 aliphatic carbocycles. The van der Waals surface area contributed by atoms with Gasteiger partial charge in [0.15, 0.2) is 0 Å². The number of amides is 1. The molecular weight excluding hydrogens is 487 g/mol. The fraction of sp³-hybridized carbons (Fsp3) is 0.125. The molecular formula is C24H17ClF3N3O4. The lowest BCUT2D eigenvalue weighted by Crippen LogP contribution is -2.22. The number of carbonyl (C=O) groups is 2. The number of halogens is 4. The minimum absolute atomic E-state index is 0.0446. The van der Waals surface area contributed by atoms with Gasteiger partial charge in [0.25, 0.3) is 5.91 Å². The van der Waals surface area contributed by atoms with E-state index in [4.69, 9.17) is 16.3 Å². The summed E-state index contributed by atoms with van der Waals surface area (Å²) in [6, 6.07) is 14.0. The summed E-state index contributed by atoms with van der Waals surface area (Å²) in [5.41, 5.74) is -0.374. The summed E-state index contributed by atoms with van der Waals surface area (Å²) in [6.07, 6.45) is -5.61. The minimum Gasteiger partial charge on any atom is -0.410 e. The quantitative estimate of drug-likeness (QED) is 0.395. The number of benzene rings is 3. The number of aliphatic hydroxyl groups excluding tert-OH is 1. The number of ether oxygens (including phenoxy) is 1. The van der Waals surface area contributed by atoms with E-state index < -0.39 is 29.3 Å². The SMILES string of the molecule is CNC(=O)Oc1ccc2c(-c3ccc(CO)cc3)nn(C(=O)c3c(Cl)cccc3C(F)(F)F)c2c1. The summed E-state index contributed by atoms with van der Waals surface area (Å²) in [4.78, 5) is 25.1. The van der Waals surface area contributed by atoms with Gasteiger partial charge in [-0.25, -0.2) is 4.79 Å². The van der Waals surface area contributed by atoms with E-state index in [1.165, 1.54) is 31.3 Å². The van der Waals surface area contributed by atoms with Crippen LogP contribution < -0.4 is 10.1 Å². The van der Waals surface area contributed by atoms with Gasteiger partial charge in [-0.15, -0.1) is 0 Å². The average molecular weight is 504 g/mol. The molecule has 180 valence electrons. The van der Waals surface area contributed by atoms with Crippen LogP contribution in [0.1, 0.15) is 21.5 Å². The van der Waals surface area contributed by atoms with Crippen molar-refractivity contribution in [1.29, 1.82) is 0 Å². The number of hydrogen-bond acceptors (Lipinski definition) is 5. The number of nitrogens with one attached hydrogen (secondary N) is 1. The smallest absolute Gasteiger partial charge is 0.410 e. The Labute approximate surface area is 201 Å². The lowest BCUT2D eigenvalue weighted by molar-refractivity contribution is -0.137. The number of rotatable bonds is 4. The Kier molecular flexibility index (Phi) is 6.51. The summed E-state index contributed by atoms with van der Waals surface area (Å²) in [5.74, 6) is -1.06. The fourth-order valence-corrected chi connectivity index (χ4v) is 3.79. The third-order valence-electron chi connectivity index (χ3n) is 5.20. The van der Waals surface area contributed by atoms with Crippen LogP contribution in [0.2, 0.25) is 5.02 Å². The Morgan fingerprint density at radius 3 is 2.46 bits per heavy atom. The molecule has 0 aliphatic rings. The van der Waals surface area contributed by atoms with E-state index in [1.54, 1.807) is 24.3 Å². The highest BCUT2D eigenvalue weighted by molar-refractivity contribution is 6.34. The van der Waals surface area contributed by atoms with E-state index in [1.807, 2.05) is 0 Å². The Hall–Kier alpha value is -3.89. The van der Waals surface area contributed by atoms with Gasteiger partial charge in [-0.3, -0.25) is 4.79 Å². The number of hydrogen-bond donors (Lipinski definition) is 2. The molecule has 4 rings (SSSR count). The normalized spacial score (nSPS) is 11.5. The molecule has 35 heavy (non-hydrogen) atoms. The first-order chi connectivity index (χ1) is 16.6. The molecule has 1 amide bonds. The maximum absolute atomic E-state index is 13.7. The highest BCUT2D eigenvalue weighted by Crippen LogP contribution is 2.37. The van der Waals surface area contributed by atoms with Gasteiger partial charge in [0.2, 0.25) is 0 Å². The van der Waals surface area contributed by atoms with Crippen LogP contribution in [0.4, 0.5) is 18.0 Å². The lowest BCUT2D eigenvalue weighted by atomic mass is 10.1. The zero-order valence-corrected chi connectivity index (χ0v) is 18.8. The average Bonchev–Trinajstić information content (AvgIpc) is 3.21. The number of aliphatic hydroxyl groups is 1. The molecule has 1 aromatic heterocycles. The Balaban J connectivity index is 1.95. The van der Waals surface area contributed by atoms with E-state index in [9.17, 15) is 27.9 Å². The van der Waals surface area contributed by atoms with Crippen molar-refractivity contribution < 1.29 is 32.6 Å². The van der Waals surface area contributed by atoms with Gasteiger partial charge in [-0.05, 0) is 29.8 Å². The van der Waals surface area contributed by atoms with E-state index >= 15 is 0 Å². The molecule has 7 nitrogen and oxygen atoms in total. The van der Waals surface area contributed by atoms with Gasteiger partial charge in [-0.2, -0.15) is 23.0 Å². The second kappa shape index (κ2) is 9.40. The van der Waals surface area contributed by atoms with Gasteiger partial charge < -0.3 is 15.2 Å². The van der Waals surface area contributed by atoms with Gasteiger partial charge in [-0.1, -0.05) is 41.9 Å². The maximum atomic E-state index is 13.7. The molecule has 1 heterocycles. The van der Waals surface area contributed by atoms with Crippen LogP contribution in [0.3, 0.4) is 0 Å². The first kappa shape index (κ1) is 24.2. The summed E-state index contributed by atoms with van der Waals surface area (Å²) in [5, 5.41) is 15.9. The van der Waals surface area contributed by atoms with Crippen molar-refractivity contribution in [2.45, 2.75) is 12.8 Å². The maximum Gasteiger partial charge on any atom is 0.417 e. The molecule has 0 bridgehead atoms. The van der Waals surface area contributed by atoms with Crippen molar-refractivity contribution in [1.82, 2.24) is 15.1 Å². The molecule has 3 aromatic carbocycles. The van der Waals surface area contributed by atoms with Crippen molar-refractivity contribution in [3.8, 4) is 17.0 Å². The number of carbonyl (C=O) groups excluding carboxylic acids is 2. The molecule has 4 aromatic rings. The molecule has 0 atom stereocenters.